The molecule has 0 amide bonds. The van der Waals surface area contributed by atoms with Crippen molar-refractivity contribution < 1.29 is 17.9 Å². The molecule has 0 fully saturated rings. The van der Waals surface area contributed by atoms with Gasteiger partial charge in [-0.15, -0.1) is 0 Å². The van der Waals surface area contributed by atoms with Crippen molar-refractivity contribution in [3.63, 3.8) is 0 Å². The van der Waals surface area contributed by atoms with Gasteiger partial charge in [0.25, 0.3) is 0 Å². The van der Waals surface area contributed by atoms with Crippen LogP contribution in [0.15, 0.2) is 54.6 Å². The second kappa shape index (κ2) is 7.44. The summed E-state index contributed by atoms with van der Waals surface area (Å²) in [4.78, 5) is 11.8. The average Bonchev–Trinajstić information content (AvgIpc) is 2.54. The fourth-order valence-electron chi connectivity index (χ4n) is 1.83. The molecule has 0 aromatic heterocycles. The zero-order chi connectivity index (χ0) is 17.6. The van der Waals surface area contributed by atoms with Crippen LogP contribution < -0.4 is 9.46 Å². The van der Waals surface area contributed by atoms with Crippen LogP contribution in [0.1, 0.15) is 11.1 Å². The number of sulfonamides is 1. The summed E-state index contributed by atoms with van der Waals surface area (Å²) < 4.78 is 29.6. The first-order chi connectivity index (χ1) is 11.4. The third-order valence-electron chi connectivity index (χ3n) is 2.80. The highest BCUT2D eigenvalue weighted by Gasteiger charge is 2.04. The molecule has 1 N–H and O–H groups in total. The predicted molar refractivity (Wildman–Crippen MR) is 90.7 cm³/mol. The standard InChI is InChI=1S/C17H14N2O4S/c1-24(21,22)19-15-6-8-16(9-7-15)23-17(20)10-5-13-3-2-4-14(11-13)12-18/h2-11,19H,1H3/b10-5+. The van der Waals surface area contributed by atoms with Gasteiger partial charge in [-0.2, -0.15) is 5.26 Å². The number of esters is 1. The van der Waals surface area contributed by atoms with Crippen molar-refractivity contribution in [3.05, 3.63) is 65.7 Å². The lowest BCUT2D eigenvalue weighted by Gasteiger charge is -2.05. The molecule has 0 unspecified atom stereocenters. The Bertz CT molecular complexity index is 910. The Morgan fingerprint density at radius 1 is 1.21 bits per heavy atom. The first kappa shape index (κ1) is 17.2. The highest BCUT2D eigenvalue weighted by atomic mass is 32.2. The van der Waals surface area contributed by atoms with Gasteiger partial charge in [0.1, 0.15) is 5.75 Å². The second-order valence-electron chi connectivity index (χ2n) is 4.89. The number of benzene rings is 2. The van der Waals surface area contributed by atoms with E-state index < -0.39 is 16.0 Å². The van der Waals surface area contributed by atoms with E-state index in [1.54, 1.807) is 30.3 Å². The number of rotatable bonds is 5. The van der Waals surface area contributed by atoms with Crippen molar-refractivity contribution in [3.8, 4) is 11.8 Å². The average molecular weight is 342 g/mol. The van der Waals surface area contributed by atoms with Gasteiger partial charge >= 0.3 is 5.97 Å². The first-order valence-electron chi connectivity index (χ1n) is 6.84. The number of carbonyl (C=O) groups is 1. The van der Waals surface area contributed by atoms with Gasteiger partial charge in [-0.3, -0.25) is 4.72 Å². The third kappa shape index (κ3) is 5.59. The molecule has 2 aromatic carbocycles. The van der Waals surface area contributed by atoms with E-state index in [0.29, 0.717) is 16.8 Å². The minimum atomic E-state index is -3.35. The lowest BCUT2D eigenvalue weighted by atomic mass is 10.1. The monoisotopic (exact) mass is 342 g/mol. The summed E-state index contributed by atoms with van der Waals surface area (Å²) in [5.41, 5.74) is 1.58. The Morgan fingerprint density at radius 2 is 1.92 bits per heavy atom. The molecule has 24 heavy (non-hydrogen) atoms. The van der Waals surface area contributed by atoms with E-state index in [9.17, 15) is 13.2 Å². The molecule has 0 saturated carbocycles. The Hall–Kier alpha value is -3.11. The fraction of sp³-hybridized carbons (Fsp3) is 0.0588. The largest absolute Gasteiger partial charge is 0.423 e. The Kier molecular flexibility index (Phi) is 5.35. The molecule has 2 aromatic rings. The maximum absolute atomic E-state index is 11.8. The number of anilines is 1. The Morgan fingerprint density at radius 3 is 2.54 bits per heavy atom. The summed E-state index contributed by atoms with van der Waals surface area (Å²) in [6, 6.07) is 14.8. The smallest absolute Gasteiger partial charge is 0.336 e. The molecule has 0 atom stereocenters. The molecule has 0 bridgehead atoms. The molecule has 122 valence electrons. The van der Waals surface area contributed by atoms with Crippen molar-refractivity contribution in [1.29, 1.82) is 5.26 Å². The number of ether oxygens (including phenoxy) is 1. The van der Waals surface area contributed by atoms with Crippen LogP contribution in [0.5, 0.6) is 5.75 Å². The molecule has 0 aliphatic rings. The quantitative estimate of drug-likeness (QED) is 0.512. The maximum atomic E-state index is 11.8. The van der Waals surface area contributed by atoms with Crippen LogP contribution in [0.4, 0.5) is 5.69 Å². The van der Waals surface area contributed by atoms with Gasteiger partial charge in [0.15, 0.2) is 0 Å². The summed E-state index contributed by atoms with van der Waals surface area (Å²) >= 11 is 0. The summed E-state index contributed by atoms with van der Waals surface area (Å²) in [6.45, 7) is 0. The number of nitrogens with one attached hydrogen (secondary N) is 1. The molecule has 0 saturated heterocycles. The van der Waals surface area contributed by atoms with E-state index in [-0.39, 0.29) is 5.75 Å². The molecule has 0 radical (unpaired) electrons. The SMILES string of the molecule is CS(=O)(=O)Nc1ccc(OC(=O)/C=C/c2cccc(C#N)c2)cc1. The highest BCUT2D eigenvalue weighted by Crippen LogP contribution is 2.17. The zero-order valence-corrected chi connectivity index (χ0v) is 13.6. The molecule has 0 spiro atoms. The van der Waals surface area contributed by atoms with Crippen LogP contribution in [0.3, 0.4) is 0 Å². The van der Waals surface area contributed by atoms with Crippen LogP contribution >= 0.6 is 0 Å². The van der Waals surface area contributed by atoms with Crippen LogP contribution in [-0.2, 0) is 14.8 Å². The topological polar surface area (TPSA) is 96.3 Å². The summed E-state index contributed by atoms with van der Waals surface area (Å²) in [7, 11) is -3.35. The molecule has 6 nitrogen and oxygen atoms in total. The van der Waals surface area contributed by atoms with Gasteiger partial charge in [0.05, 0.1) is 17.9 Å². The minimum Gasteiger partial charge on any atom is -0.423 e. The lowest BCUT2D eigenvalue weighted by molar-refractivity contribution is -0.128. The maximum Gasteiger partial charge on any atom is 0.336 e. The normalized spacial score (nSPS) is 11.0. The van der Waals surface area contributed by atoms with Crippen molar-refractivity contribution in [1.82, 2.24) is 0 Å². The Balaban J connectivity index is 1.99. The Labute approximate surface area is 140 Å². The minimum absolute atomic E-state index is 0.287. The summed E-state index contributed by atoms with van der Waals surface area (Å²) in [5, 5.41) is 8.82. The van der Waals surface area contributed by atoms with Crippen molar-refractivity contribution in [2.45, 2.75) is 0 Å². The van der Waals surface area contributed by atoms with Gasteiger partial charge in [0, 0.05) is 11.8 Å². The predicted octanol–water partition coefficient (Wildman–Crippen LogP) is 2.55. The van der Waals surface area contributed by atoms with E-state index in [1.807, 2.05) is 6.07 Å². The summed E-state index contributed by atoms with van der Waals surface area (Å²) in [5.74, 6) is -0.296. The van der Waals surface area contributed by atoms with Crippen molar-refractivity contribution in [2.75, 3.05) is 11.0 Å². The van der Waals surface area contributed by atoms with Crippen molar-refractivity contribution in [2.24, 2.45) is 0 Å². The van der Waals surface area contributed by atoms with E-state index in [0.717, 1.165) is 6.26 Å². The van der Waals surface area contributed by atoms with E-state index >= 15 is 0 Å². The fourth-order valence-corrected chi connectivity index (χ4v) is 2.40. The number of carbonyl (C=O) groups excluding carboxylic acids is 1. The zero-order valence-electron chi connectivity index (χ0n) is 12.8. The number of nitrogens with zero attached hydrogens (tertiary/aromatic N) is 1. The molecule has 2 rings (SSSR count). The highest BCUT2D eigenvalue weighted by molar-refractivity contribution is 7.92. The van der Waals surface area contributed by atoms with Crippen LogP contribution in [0, 0.1) is 11.3 Å². The molecule has 0 aliphatic heterocycles. The van der Waals surface area contributed by atoms with Gasteiger partial charge in [-0.25, -0.2) is 13.2 Å². The van der Waals surface area contributed by atoms with Crippen molar-refractivity contribution >= 4 is 27.8 Å². The van der Waals surface area contributed by atoms with Gasteiger partial charge < -0.3 is 4.74 Å². The van der Waals surface area contributed by atoms with Crippen LogP contribution in [0.2, 0.25) is 0 Å². The van der Waals surface area contributed by atoms with E-state index in [1.165, 1.54) is 30.3 Å². The summed E-state index contributed by atoms with van der Waals surface area (Å²) in [6.07, 6.45) is 3.84. The number of hydrogen-bond donors (Lipinski definition) is 1. The third-order valence-corrected chi connectivity index (χ3v) is 3.41. The van der Waals surface area contributed by atoms with Gasteiger partial charge in [-0.05, 0) is 48.0 Å². The molecule has 7 heteroatoms. The number of hydrogen-bond acceptors (Lipinski definition) is 5. The van der Waals surface area contributed by atoms with Crippen LogP contribution in [-0.4, -0.2) is 20.6 Å². The van der Waals surface area contributed by atoms with Gasteiger partial charge in [-0.1, -0.05) is 12.1 Å². The number of nitriles is 1. The molecular formula is C17H14N2O4S. The van der Waals surface area contributed by atoms with E-state index in [4.69, 9.17) is 10.00 Å². The van der Waals surface area contributed by atoms with Crippen LogP contribution in [0.25, 0.3) is 6.08 Å². The first-order valence-corrected chi connectivity index (χ1v) is 8.73. The second-order valence-corrected chi connectivity index (χ2v) is 6.64. The molecule has 0 heterocycles. The molecule has 0 aliphatic carbocycles. The van der Waals surface area contributed by atoms with Gasteiger partial charge in [0.2, 0.25) is 10.0 Å². The lowest BCUT2D eigenvalue weighted by Crippen LogP contribution is -2.09. The van der Waals surface area contributed by atoms with E-state index in [2.05, 4.69) is 4.72 Å². The molecular weight excluding hydrogens is 328 g/mol.